The molecule has 7 fully saturated rings. The van der Waals surface area contributed by atoms with E-state index in [2.05, 4.69) is 27.7 Å². The Bertz CT molecular complexity index is 854. The molecule has 2 atom stereocenters. The zero-order chi connectivity index (χ0) is 26.2. The molecule has 0 N–H and O–H groups in total. The van der Waals surface area contributed by atoms with Gasteiger partial charge in [0.1, 0.15) is 0 Å². The molecule has 7 aliphatic rings. The van der Waals surface area contributed by atoms with Crippen molar-refractivity contribution in [2.24, 2.45) is 28.6 Å². The van der Waals surface area contributed by atoms with Gasteiger partial charge in [-0.1, -0.05) is 107 Å². The Balaban J connectivity index is 0.000000152. The summed E-state index contributed by atoms with van der Waals surface area (Å²) >= 11 is 9.68. The van der Waals surface area contributed by atoms with Gasteiger partial charge in [0.05, 0.1) is 26.4 Å². The molecule has 1 saturated carbocycles. The first-order valence-corrected chi connectivity index (χ1v) is 16.8. The lowest BCUT2D eigenvalue weighted by atomic mass is 9.76. The molecule has 4 nitrogen and oxygen atoms in total. The summed E-state index contributed by atoms with van der Waals surface area (Å²) in [7, 11) is 0. The summed E-state index contributed by atoms with van der Waals surface area (Å²) in [6.45, 7) is 12.6. The molecule has 6 heterocycles. The van der Waals surface area contributed by atoms with E-state index in [4.69, 9.17) is 30.5 Å². The van der Waals surface area contributed by atoms with Crippen molar-refractivity contribution in [3.05, 3.63) is 34.9 Å². The molecule has 0 spiro atoms. The first-order chi connectivity index (χ1) is 17.8. The Kier molecular flexibility index (Phi) is 8.88. The molecule has 0 amide bonds. The number of thioether (sulfide) groups is 2. The van der Waals surface area contributed by atoms with Crippen LogP contribution in [0, 0.1) is 28.6 Å². The van der Waals surface area contributed by atoms with Crippen molar-refractivity contribution in [1.29, 1.82) is 0 Å². The van der Waals surface area contributed by atoms with Gasteiger partial charge in [-0.15, -0.1) is 0 Å². The van der Waals surface area contributed by atoms with E-state index in [0.717, 1.165) is 42.8 Å². The fourth-order valence-corrected chi connectivity index (χ4v) is 9.72. The number of halogens is 1. The molecule has 1 aromatic rings. The van der Waals surface area contributed by atoms with Crippen molar-refractivity contribution in [1.82, 2.24) is 0 Å². The van der Waals surface area contributed by atoms with Crippen LogP contribution >= 0.6 is 35.1 Å². The minimum atomic E-state index is -0.611. The van der Waals surface area contributed by atoms with Crippen molar-refractivity contribution in [2.75, 3.05) is 37.9 Å². The molecule has 7 heteroatoms. The van der Waals surface area contributed by atoms with Crippen molar-refractivity contribution in [3.63, 3.8) is 0 Å². The van der Waals surface area contributed by atoms with E-state index < -0.39 is 5.12 Å². The Morgan fingerprint density at radius 3 is 1.73 bits per heavy atom. The third-order valence-electron chi connectivity index (χ3n) is 9.95. The van der Waals surface area contributed by atoms with Crippen LogP contribution in [0.4, 0.5) is 0 Å². The van der Waals surface area contributed by atoms with Crippen LogP contribution in [0.5, 0.6) is 0 Å². The second-order valence-corrected chi connectivity index (χ2v) is 14.8. The first kappa shape index (κ1) is 28.6. The maximum absolute atomic E-state index is 6.27. The first-order valence-electron chi connectivity index (χ1n) is 14.4. The Hall–Kier alpha value is 0.0500. The SMILES string of the molecule is CCC(C)C12COC(C3CCCCC3)(OC1)SC2.CCC(C)C12COC(c3ccc(Cl)cc3)(OC1)SC2. The number of ether oxygens (including phenoxy) is 4. The molecule has 2 unspecified atom stereocenters. The van der Waals surface area contributed by atoms with Gasteiger partial charge in [-0.05, 0) is 36.8 Å². The molecule has 1 aliphatic carbocycles. The van der Waals surface area contributed by atoms with Gasteiger partial charge in [0.25, 0.3) is 0 Å². The molecule has 4 bridgehead atoms. The number of benzene rings is 1. The number of hydrogen-bond donors (Lipinski definition) is 0. The van der Waals surface area contributed by atoms with E-state index >= 15 is 0 Å². The van der Waals surface area contributed by atoms with Gasteiger partial charge < -0.3 is 18.9 Å². The number of rotatable bonds is 6. The van der Waals surface area contributed by atoms with Gasteiger partial charge in [-0.25, -0.2) is 0 Å². The fourth-order valence-electron chi connectivity index (χ4n) is 6.38. The predicted molar refractivity (Wildman–Crippen MR) is 155 cm³/mol. The number of fused-ring (bicyclic) bond motifs is 6. The molecule has 8 rings (SSSR count). The molecule has 0 radical (unpaired) electrons. The smallest absolute Gasteiger partial charge is 0.245 e. The summed E-state index contributed by atoms with van der Waals surface area (Å²) < 4.78 is 24.8. The molecular formula is C30H45ClO4S2. The standard InChI is InChI=1S/C15H19ClO2S.C15H26O2S/c1-3-11(2)14-8-17-15(18-9-14,19-10-14)12-4-6-13(16)7-5-12;1-3-12(2)14-9-16-15(17-10-14,18-11-14)13-7-5-4-6-8-13/h4-7,11H,3,8-10H2,1-2H3;12-13H,3-11H2,1-2H3. The van der Waals surface area contributed by atoms with Crippen LogP contribution < -0.4 is 0 Å². The normalized spacial score (nSPS) is 39.1. The van der Waals surface area contributed by atoms with E-state index in [1.165, 1.54) is 50.7 Å². The van der Waals surface area contributed by atoms with Crippen molar-refractivity contribution in [3.8, 4) is 0 Å². The number of hydrogen-bond acceptors (Lipinski definition) is 6. The molecule has 6 aliphatic heterocycles. The summed E-state index contributed by atoms with van der Waals surface area (Å²) in [5.41, 5.74) is 1.53. The Labute approximate surface area is 237 Å². The van der Waals surface area contributed by atoms with Gasteiger partial charge in [0.2, 0.25) is 10.2 Å². The molecule has 37 heavy (non-hydrogen) atoms. The lowest BCUT2D eigenvalue weighted by molar-refractivity contribution is -0.291. The van der Waals surface area contributed by atoms with Crippen LogP contribution in [0.25, 0.3) is 0 Å². The van der Waals surface area contributed by atoms with Crippen LogP contribution in [-0.2, 0) is 24.1 Å². The Morgan fingerprint density at radius 1 is 0.784 bits per heavy atom. The van der Waals surface area contributed by atoms with E-state index in [0.29, 0.717) is 17.8 Å². The third-order valence-corrected chi connectivity index (χ3v) is 13.5. The average Bonchev–Trinajstić information content (AvgIpc) is 2.99. The summed E-state index contributed by atoms with van der Waals surface area (Å²) in [4.78, 5) is 0. The summed E-state index contributed by atoms with van der Waals surface area (Å²) in [6.07, 6.45) is 9.10. The molecule has 0 aromatic heterocycles. The van der Waals surface area contributed by atoms with Gasteiger partial charge >= 0.3 is 0 Å². The molecule has 1 aromatic carbocycles. The maximum Gasteiger partial charge on any atom is 0.245 e. The summed E-state index contributed by atoms with van der Waals surface area (Å²) in [5.74, 6) is 4.30. The van der Waals surface area contributed by atoms with Crippen molar-refractivity contribution < 1.29 is 18.9 Å². The minimum Gasteiger partial charge on any atom is -0.340 e. The quantitative estimate of drug-likeness (QED) is 0.343. The van der Waals surface area contributed by atoms with E-state index in [1.54, 1.807) is 11.8 Å². The van der Waals surface area contributed by atoms with Gasteiger partial charge in [0.15, 0.2) is 0 Å². The maximum atomic E-state index is 6.27. The monoisotopic (exact) mass is 568 g/mol. The van der Waals surface area contributed by atoms with Crippen LogP contribution in [0.3, 0.4) is 0 Å². The van der Waals surface area contributed by atoms with E-state index in [9.17, 15) is 0 Å². The summed E-state index contributed by atoms with van der Waals surface area (Å²) in [5, 5.41) is -0.138. The lowest BCUT2D eigenvalue weighted by Gasteiger charge is -2.57. The zero-order valence-corrected chi connectivity index (χ0v) is 25.5. The van der Waals surface area contributed by atoms with Crippen LogP contribution in [-0.4, -0.2) is 43.1 Å². The lowest BCUT2D eigenvalue weighted by Crippen LogP contribution is -2.60. The zero-order valence-electron chi connectivity index (χ0n) is 23.1. The van der Waals surface area contributed by atoms with Gasteiger partial charge in [-0.2, -0.15) is 0 Å². The second-order valence-electron chi connectivity index (χ2n) is 12.1. The topological polar surface area (TPSA) is 36.9 Å². The van der Waals surface area contributed by atoms with Gasteiger partial charge in [0, 0.05) is 38.8 Å². The molecular weight excluding hydrogens is 524 g/mol. The average molecular weight is 569 g/mol. The Morgan fingerprint density at radius 2 is 1.30 bits per heavy atom. The highest BCUT2D eigenvalue weighted by Gasteiger charge is 2.57. The fraction of sp³-hybridized carbons (Fsp3) is 0.800. The highest BCUT2D eigenvalue weighted by atomic mass is 35.5. The molecule has 6 saturated heterocycles. The van der Waals surface area contributed by atoms with Crippen LogP contribution in [0.2, 0.25) is 5.02 Å². The summed E-state index contributed by atoms with van der Waals surface area (Å²) in [6, 6.07) is 7.78. The predicted octanol–water partition coefficient (Wildman–Crippen LogP) is 8.32. The highest BCUT2D eigenvalue weighted by molar-refractivity contribution is 8.00. The van der Waals surface area contributed by atoms with Crippen LogP contribution in [0.15, 0.2) is 24.3 Å². The third kappa shape index (κ3) is 5.39. The van der Waals surface area contributed by atoms with Gasteiger partial charge in [-0.3, -0.25) is 0 Å². The largest absolute Gasteiger partial charge is 0.340 e. The van der Waals surface area contributed by atoms with E-state index in [1.807, 2.05) is 36.0 Å². The van der Waals surface area contributed by atoms with E-state index in [-0.39, 0.29) is 15.9 Å². The molecule has 208 valence electrons. The second kappa shape index (κ2) is 11.5. The highest BCUT2D eigenvalue weighted by Crippen LogP contribution is 2.57. The van der Waals surface area contributed by atoms with Crippen molar-refractivity contribution >= 4 is 35.1 Å². The van der Waals surface area contributed by atoms with Crippen LogP contribution in [0.1, 0.15) is 78.2 Å². The minimum absolute atomic E-state index is 0.188. The van der Waals surface area contributed by atoms with Crippen molar-refractivity contribution in [2.45, 2.75) is 82.9 Å².